The molecule has 0 amide bonds. The molecule has 0 aromatic heterocycles. The number of nitro benzene ring substituents is 1. The fourth-order valence-electron chi connectivity index (χ4n) is 1.11. The number of benzene rings is 1. The number of nitrogens with one attached hydrogen (secondary N) is 1. The van der Waals surface area contributed by atoms with Crippen molar-refractivity contribution in [2.24, 2.45) is 0 Å². The molecule has 0 spiro atoms. The number of carbonyl (C=O) groups excluding carboxylic acids is 1. The van der Waals surface area contributed by atoms with E-state index in [2.05, 4.69) is 4.74 Å². The Kier molecular flexibility index (Phi) is 4.12. The number of carbonyl (C=O) groups is 1. The van der Waals surface area contributed by atoms with Crippen molar-refractivity contribution in [3.63, 3.8) is 0 Å². The van der Waals surface area contributed by atoms with E-state index in [9.17, 15) is 19.1 Å². The van der Waals surface area contributed by atoms with Crippen LogP contribution >= 0.6 is 0 Å². The van der Waals surface area contributed by atoms with Crippen LogP contribution in [0.4, 0.5) is 11.4 Å². The summed E-state index contributed by atoms with van der Waals surface area (Å²) >= 11 is -2.45. The molecule has 1 rings (SSSR count). The summed E-state index contributed by atoms with van der Waals surface area (Å²) in [7, 11) is 1.13. The van der Waals surface area contributed by atoms with E-state index in [4.69, 9.17) is 4.55 Å². The van der Waals surface area contributed by atoms with Crippen molar-refractivity contribution in [2.45, 2.75) is 0 Å². The van der Waals surface area contributed by atoms with Crippen molar-refractivity contribution in [2.75, 3.05) is 11.8 Å². The van der Waals surface area contributed by atoms with E-state index in [1.165, 1.54) is 0 Å². The number of rotatable bonds is 4. The van der Waals surface area contributed by atoms with Gasteiger partial charge in [-0.15, -0.1) is 0 Å². The summed E-state index contributed by atoms with van der Waals surface area (Å²) in [4.78, 5) is 21.1. The molecule has 1 atom stereocenters. The fraction of sp³-hybridized carbons (Fsp3) is 0.125. The van der Waals surface area contributed by atoms with Gasteiger partial charge in [0.05, 0.1) is 23.3 Å². The molecule has 0 aliphatic carbocycles. The van der Waals surface area contributed by atoms with Gasteiger partial charge in [-0.05, 0) is 6.07 Å². The Bertz CT molecular complexity index is 489. The summed E-state index contributed by atoms with van der Waals surface area (Å²) in [6, 6.07) is 3.21. The Morgan fingerprint density at radius 3 is 2.71 bits per heavy atom. The quantitative estimate of drug-likeness (QED) is 0.359. The van der Waals surface area contributed by atoms with Gasteiger partial charge in [0, 0.05) is 12.1 Å². The van der Waals surface area contributed by atoms with Crippen molar-refractivity contribution in [3.05, 3.63) is 33.9 Å². The van der Waals surface area contributed by atoms with Crippen molar-refractivity contribution in [3.8, 4) is 0 Å². The summed E-state index contributed by atoms with van der Waals surface area (Å²) in [5.41, 5.74) is -0.530. The lowest BCUT2D eigenvalue weighted by Crippen LogP contribution is -2.10. The first-order chi connectivity index (χ1) is 7.95. The van der Waals surface area contributed by atoms with Gasteiger partial charge < -0.3 is 4.74 Å². The summed E-state index contributed by atoms with van der Waals surface area (Å²) in [5, 5.41) is 10.5. The standard InChI is InChI=1S/C8H8N2O6S/c1-16-8(11)6-3-2-5(10(12)13)4-7(6)9-17(14)15/h2-4,9H,1H3,(H,14,15). The second kappa shape index (κ2) is 5.37. The number of anilines is 1. The third kappa shape index (κ3) is 3.23. The molecule has 0 radical (unpaired) electrons. The van der Waals surface area contributed by atoms with E-state index in [1.807, 2.05) is 4.72 Å². The third-order valence-electron chi connectivity index (χ3n) is 1.82. The number of hydrogen-bond acceptors (Lipinski definition) is 5. The Balaban J connectivity index is 3.25. The Morgan fingerprint density at radius 1 is 1.59 bits per heavy atom. The van der Waals surface area contributed by atoms with Crippen molar-refractivity contribution >= 4 is 28.6 Å². The smallest absolute Gasteiger partial charge is 0.340 e. The number of methoxy groups -OCH3 is 1. The van der Waals surface area contributed by atoms with Gasteiger partial charge in [-0.2, -0.15) is 0 Å². The lowest BCUT2D eigenvalue weighted by molar-refractivity contribution is -0.384. The Labute approximate surface area is 98.2 Å². The van der Waals surface area contributed by atoms with Crippen LogP contribution in [0.2, 0.25) is 0 Å². The zero-order chi connectivity index (χ0) is 13.0. The van der Waals surface area contributed by atoms with Crippen LogP contribution in [0.1, 0.15) is 10.4 Å². The fourth-order valence-corrected chi connectivity index (χ4v) is 1.47. The van der Waals surface area contributed by atoms with E-state index in [1.54, 1.807) is 0 Å². The molecule has 0 heterocycles. The first kappa shape index (κ1) is 13.1. The van der Waals surface area contributed by atoms with E-state index in [-0.39, 0.29) is 16.9 Å². The lowest BCUT2D eigenvalue weighted by atomic mass is 10.1. The number of non-ortho nitro benzene ring substituents is 1. The number of nitrogens with zero attached hydrogens (tertiary/aromatic N) is 1. The molecule has 1 aromatic carbocycles. The molecule has 0 aliphatic heterocycles. The zero-order valence-corrected chi connectivity index (χ0v) is 9.39. The number of esters is 1. The van der Waals surface area contributed by atoms with Crippen molar-refractivity contribution < 1.29 is 23.2 Å². The second-order valence-corrected chi connectivity index (χ2v) is 3.53. The van der Waals surface area contributed by atoms with Crippen LogP contribution in [0.5, 0.6) is 0 Å². The lowest BCUT2D eigenvalue weighted by Gasteiger charge is -2.07. The Morgan fingerprint density at radius 2 is 2.24 bits per heavy atom. The van der Waals surface area contributed by atoms with Gasteiger partial charge in [-0.3, -0.25) is 19.4 Å². The van der Waals surface area contributed by atoms with Crippen LogP contribution in [0, 0.1) is 10.1 Å². The highest BCUT2D eigenvalue weighted by molar-refractivity contribution is 7.80. The first-order valence-corrected chi connectivity index (χ1v) is 5.30. The van der Waals surface area contributed by atoms with E-state index >= 15 is 0 Å². The highest BCUT2D eigenvalue weighted by atomic mass is 32.2. The Hall–Kier alpha value is -2.00. The minimum Gasteiger partial charge on any atom is -0.465 e. The average molecular weight is 260 g/mol. The first-order valence-electron chi connectivity index (χ1n) is 4.20. The third-order valence-corrected chi connectivity index (χ3v) is 2.21. The van der Waals surface area contributed by atoms with Gasteiger partial charge >= 0.3 is 5.97 Å². The molecule has 2 N–H and O–H groups in total. The SMILES string of the molecule is COC(=O)c1ccc([N+](=O)[O-])cc1NS(=O)O. The van der Waals surface area contributed by atoms with Gasteiger partial charge in [0.15, 0.2) is 0 Å². The molecule has 0 fully saturated rings. The summed E-state index contributed by atoms with van der Waals surface area (Å²) in [6.45, 7) is 0. The van der Waals surface area contributed by atoms with Crippen molar-refractivity contribution in [1.29, 1.82) is 0 Å². The molecule has 0 saturated heterocycles. The van der Waals surface area contributed by atoms with Crippen LogP contribution in [-0.4, -0.2) is 26.8 Å². The minimum absolute atomic E-state index is 0.0690. The predicted octanol–water partition coefficient (Wildman–Crippen LogP) is 0.930. The molecule has 1 aromatic rings. The van der Waals surface area contributed by atoms with E-state index in [0.29, 0.717) is 0 Å². The summed E-state index contributed by atoms with van der Waals surface area (Å²) < 4.78 is 25.7. The highest BCUT2D eigenvalue weighted by Gasteiger charge is 2.17. The molecule has 9 heteroatoms. The number of ether oxygens (including phenoxy) is 1. The maximum Gasteiger partial charge on any atom is 0.340 e. The minimum atomic E-state index is -2.45. The molecule has 0 bridgehead atoms. The largest absolute Gasteiger partial charge is 0.465 e. The molecule has 92 valence electrons. The molecule has 17 heavy (non-hydrogen) atoms. The van der Waals surface area contributed by atoms with Gasteiger partial charge in [-0.25, -0.2) is 9.00 Å². The molecule has 0 saturated carbocycles. The van der Waals surface area contributed by atoms with Crippen molar-refractivity contribution in [1.82, 2.24) is 0 Å². The molecular weight excluding hydrogens is 252 g/mol. The van der Waals surface area contributed by atoms with Crippen LogP contribution in [-0.2, 0) is 16.0 Å². The number of hydrogen-bond donors (Lipinski definition) is 2. The molecule has 8 nitrogen and oxygen atoms in total. The van der Waals surface area contributed by atoms with E-state index in [0.717, 1.165) is 25.3 Å². The van der Waals surface area contributed by atoms with Gasteiger partial charge in [-0.1, -0.05) is 0 Å². The molecular formula is C8H8N2O6S. The van der Waals surface area contributed by atoms with Crippen LogP contribution in [0.3, 0.4) is 0 Å². The molecule has 0 aliphatic rings. The second-order valence-electron chi connectivity index (χ2n) is 2.83. The van der Waals surface area contributed by atoms with E-state index < -0.39 is 22.2 Å². The normalized spacial score (nSPS) is 11.6. The van der Waals surface area contributed by atoms with Crippen LogP contribution in [0.15, 0.2) is 18.2 Å². The van der Waals surface area contributed by atoms with Gasteiger partial charge in [0.1, 0.15) is 0 Å². The van der Waals surface area contributed by atoms with Gasteiger partial charge in [0.2, 0.25) is 0 Å². The zero-order valence-electron chi connectivity index (χ0n) is 8.58. The predicted molar refractivity (Wildman–Crippen MR) is 58.8 cm³/mol. The summed E-state index contributed by atoms with van der Waals surface area (Å²) in [6.07, 6.45) is 0. The van der Waals surface area contributed by atoms with Gasteiger partial charge in [0.25, 0.3) is 17.0 Å². The topological polar surface area (TPSA) is 119 Å². The monoisotopic (exact) mass is 260 g/mol. The summed E-state index contributed by atoms with van der Waals surface area (Å²) in [5.74, 6) is -0.771. The van der Waals surface area contributed by atoms with Crippen LogP contribution in [0.25, 0.3) is 0 Å². The number of nitro groups is 1. The maximum absolute atomic E-state index is 11.3. The average Bonchev–Trinajstić information content (AvgIpc) is 2.27. The maximum atomic E-state index is 11.3. The van der Waals surface area contributed by atoms with Crippen LogP contribution < -0.4 is 4.72 Å². The molecule has 1 unspecified atom stereocenters. The highest BCUT2D eigenvalue weighted by Crippen LogP contribution is 2.23.